The van der Waals surface area contributed by atoms with Crippen LogP contribution in [0.1, 0.15) is 37.7 Å². The van der Waals surface area contributed by atoms with Gasteiger partial charge in [0.25, 0.3) is 5.91 Å². The lowest BCUT2D eigenvalue weighted by Gasteiger charge is -2.36. The molecule has 2 aliphatic rings. The Balaban J connectivity index is 1.52. The van der Waals surface area contributed by atoms with Gasteiger partial charge in [0.05, 0.1) is 0 Å². The van der Waals surface area contributed by atoms with E-state index in [2.05, 4.69) is 17.1 Å². The van der Waals surface area contributed by atoms with Gasteiger partial charge in [0, 0.05) is 35.9 Å². The highest BCUT2D eigenvalue weighted by atomic mass is 32.1. The number of carbonyl (C=O) groups excluding carboxylic acids is 2. The first-order valence-electron chi connectivity index (χ1n) is 9.01. The maximum absolute atomic E-state index is 12.7. The normalized spacial score (nSPS) is 26.6. The zero-order chi connectivity index (χ0) is 17.2. The monoisotopic (exact) mass is 354 g/mol. The first kappa shape index (κ1) is 16.5. The number of rotatable bonds is 3. The van der Waals surface area contributed by atoms with Crippen molar-refractivity contribution in [2.45, 2.75) is 38.6 Å². The molecule has 0 aliphatic heterocycles. The van der Waals surface area contributed by atoms with Gasteiger partial charge in [0.15, 0.2) is 4.80 Å². The highest BCUT2D eigenvalue weighted by Gasteiger charge is 2.41. The maximum atomic E-state index is 12.7. The van der Waals surface area contributed by atoms with Crippen LogP contribution < -0.4 is 4.80 Å². The van der Waals surface area contributed by atoms with Crippen LogP contribution in [0, 0.1) is 17.8 Å². The minimum absolute atomic E-state index is 0.0475. The molecule has 2 saturated carbocycles. The van der Waals surface area contributed by atoms with E-state index in [4.69, 9.17) is 0 Å². The Morgan fingerprint density at radius 3 is 2.60 bits per heavy atom. The smallest absolute Gasteiger partial charge is 0.251 e. The van der Waals surface area contributed by atoms with Crippen molar-refractivity contribution in [2.75, 3.05) is 0 Å². The van der Waals surface area contributed by atoms with E-state index in [0.29, 0.717) is 25.2 Å². The summed E-state index contributed by atoms with van der Waals surface area (Å²) in [7, 11) is 0. The molecule has 2 aliphatic carbocycles. The molecular formula is C20H22N2O2S. The molecule has 2 aromatic rings. The van der Waals surface area contributed by atoms with Crippen LogP contribution in [0.4, 0.5) is 0 Å². The number of hydrogen-bond acceptors (Lipinski definition) is 3. The third kappa shape index (κ3) is 3.52. The third-order valence-electron chi connectivity index (χ3n) is 5.46. The fourth-order valence-electron chi connectivity index (χ4n) is 4.15. The number of carbonyl (C=O) groups is 2. The minimum Gasteiger partial charge on any atom is -0.319 e. The van der Waals surface area contributed by atoms with E-state index in [1.54, 1.807) is 0 Å². The van der Waals surface area contributed by atoms with Crippen LogP contribution >= 0.6 is 11.3 Å². The molecule has 1 amide bonds. The standard InChI is InChI=1S/C20H22N2O2S/c23-18-15-7-4-8-16(18)12-17(11-15)19(24)21-20-22(9-10-25-20)13-14-5-2-1-3-6-14/h1-3,5-6,9-10,15-17H,4,7-8,11-13H2. The number of fused-ring (bicyclic) bond motifs is 2. The van der Waals surface area contributed by atoms with Gasteiger partial charge in [-0.3, -0.25) is 9.59 Å². The van der Waals surface area contributed by atoms with E-state index in [-0.39, 0.29) is 23.7 Å². The fourth-order valence-corrected chi connectivity index (χ4v) is 4.89. The summed E-state index contributed by atoms with van der Waals surface area (Å²) in [6.07, 6.45) is 6.39. The molecule has 0 spiro atoms. The zero-order valence-electron chi connectivity index (χ0n) is 14.1. The van der Waals surface area contributed by atoms with Crippen LogP contribution in [0.15, 0.2) is 46.9 Å². The van der Waals surface area contributed by atoms with E-state index >= 15 is 0 Å². The number of Topliss-reactive ketones (excluding diaryl/α,β-unsaturated/α-hetero) is 1. The van der Waals surface area contributed by atoms with E-state index in [0.717, 1.165) is 24.1 Å². The topological polar surface area (TPSA) is 51.4 Å². The summed E-state index contributed by atoms with van der Waals surface area (Å²) >= 11 is 1.49. The maximum Gasteiger partial charge on any atom is 0.251 e. The Morgan fingerprint density at radius 2 is 1.88 bits per heavy atom. The second kappa shape index (κ2) is 7.08. The SMILES string of the molecule is O=C(N=c1sccn1Cc1ccccc1)C1CC2CCCC(C1)C2=O. The summed E-state index contributed by atoms with van der Waals surface area (Å²) < 4.78 is 2.02. The molecule has 4 nitrogen and oxygen atoms in total. The molecule has 0 radical (unpaired) electrons. The first-order valence-corrected chi connectivity index (χ1v) is 9.89. The Kier molecular flexibility index (Phi) is 4.66. The van der Waals surface area contributed by atoms with Gasteiger partial charge in [-0.15, -0.1) is 11.3 Å². The molecule has 130 valence electrons. The van der Waals surface area contributed by atoms with E-state index in [1.165, 1.54) is 16.9 Å². The minimum atomic E-state index is -0.0831. The summed E-state index contributed by atoms with van der Waals surface area (Å²) in [6, 6.07) is 10.2. The van der Waals surface area contributed by atoms with Gasteiger partial charge in [-0.05, 0) is 31.2 Å². The van der Waals surface area contributed by atoms with Crippen molar-refractivity contribution in [3.05, 3.63) is 52.3 Å². The molecule has 5 heteroatoms. The number of aromatic nitrogens is 1. The van der Waals surface area contributed by atoms with Gasteiger partial charge in [-0.25, -0.2) is 0 Å². The second-order valence-corrected chi connectivity index (χ2v) is 8.02. The highest BCUT2D eigenvalue weighted by molar-refractivity contribution is 7.07. The lowest BCUT2D eigenvalue weighted by Crippen LogP contribution is -2.39. The second-order valence-electron chi connectivity index (χ2n) is 7.14. The molecule has 4 rings (SSSR count). The predicted molar refractivity (Wildman–Crippen MR) is 97.0 cm³/mol. The summed E-state index contributed by atoms with van der Waals surface area (Å²) in [5.41, 5.74) is 1.19. The lowest BCUT2D eigenvalue weighted by atomic mass is 9.67. The van der Waals surface area contributed by atoms with E-state index in [9.17, 15) is 9.59 Å². The predicted octanol–water partition coefficient (Wildman–Crippen LogP) is 3.42. The Morgan fingerprint density at radius 1 is 1.16 bits per heavy atom. The molecule has 1 aromatic heterocycles. The van der Waals surface area contributed by atoms with Crippen LogP contribution in [0.3, 0.4) is 0 Å². The van der Waals surface area contributed by atoms with Crippen molar-refractivity contribution in [2.24, 2.45) is 22.7 Å². The average molecular weight is 354 g/mol. The van der Waals surface area contributed by atoms with Crippen molar-refractivity contribution >= 4 is 23.0 Å². The van der Waals surface area contributed by atoms with Crippen LogP contribution in [-0.2, 0) is 16.1 Å². The zero-order valence-corrected chi connectivity index (χ0v) is 15.0. The van der Waals surface area contributed by atoms with Crippen molar-refractivity contribution in [3.63, 3.8) is 0 Å². The summed E-state index contributed by atoms with van der Waals surface area (Å²) in [5, 5.41) is 1.97. The van der Waals surface area contributed by atoms with Crippen LogP contribution in [-0.4, -0.2) is 16.3 Å². The summed E-state index contributed by atoms with van der Waals surface area (Å²) in [4.78, 5) is 30.1. The number of benzene rings is 1. The number of nitrogens with zero attached hydrogens (tertiary/aromatic N) is 2. The van der Waals surface area contributed by atoms with Gasteiger partial charge >= 0.3 is 0 Å². The van der Waals surface area contributed by atoms with Crippen LogP contribution in [0.25, 0.3) is 0 Å². The summed E-state index contributed by atoms with van der Waals surface area (Å²) in [6.45, 7) is 0.713. The molecule has 25 heavy (non-hydrogen) atoms. The van der Waals surface area contributed by atoms with E-state index < -0.39 is 0 Å². The van der Waals surface area contributed by atoms with Gasteiger partial charge in [-0.1, -0.05) is 36.8 Å². The average Bonchev–Trinajstić information content (AvgIpc) is 3.02. The van der Waals surface area contributed by atoms with Gasteiger partial charge in [-0.2, -0.15) is 4.99 Å². The Hall–Kier alpha value is -2.01. The molecule has 0 N–H and O–H groups in total. The summed E-state index contributed by atoms with van der Waals surface area (Å²) in [5.74, 6) is 0.451. The Labute approximate surface area is 151 Å². The third-order valence-corrected chi connectivity index (χ3v) is 6.25. The first-order chi connectivity index (χ1) is 12.2. The fraction of sp³-hybridized carbons (Fsp3) is 0.450. The lowest BCUT2D eigenvalue weighted by molar-refractivity contribution is -0.136. The number of ketones is 1. The molecule has 2 unspecified atom stereocenters. The molecule has 1 aromatic carbocycles. The van der Waals surface area contributed by atoms with Crippen LogP contribution in [0.5, 0.6) is 0 Å². The molecule has 2 bridgehead atoms. The quantitative estimate of drug-likeness (QED) is 0.848. The number of thiazole rings is 1. The number of hydrogen-bond donors (Lipinski definition) is 0. The van der Waals surface area contributed by atoms with Gasteiger partial charge in [0.1, 0.15) is 5.78 Å². The highest BCUT2D eigenvalue weighted by Crippen LogP contribution is 2.40. The van der Waals surface area contributed by atoms with Crippen LogP contribution in [0.2, 0.25) is 0 Å². The van der Waals surface area contributed by atoms with Gasteiger partial charge in [0.2, 0.25) is 0 Å². The van der Waals surface area contributed by atoms with Crippen molar-refractivity contribution in [1.82, 2.24) is 4.57 Å². The number of amides is 1. The molecule has 0 saturated heterocycles. The molecule has 2 fully saturated rings. The van der Waals surface area contributed by atoms with Gasteiger partial charge < -0.3 is 4.57 Å². The van der Waals surface area contributed by atoms with Crippen molar-refractivity contribution < 1.29 is 9.59 Å². The molecule has 1 heterocycles. The molecular weight excluding hydrogens is 332 g/mol. The van der Waals surface area contributed by atoms with Crippen molar-refractivity contribution in [3.8, 4) is 0 Å². The largest absolute Gasteiger partial charge is 0.319 e. The van der Waals surface area contributed by atoms with Crippen molar-refractivity contribution in [1.29, 1.82) is 0 Å². The van der Waals surface area contributed by atoms with E-state index in [1.807, 2.05) is 34.3 Å². The Bertz CT molecular complexity index is 821. The molecule has 2 atom stereocenters.